The van der Waals surface area contributed by atoms with Crippen LogP contribution in [0.25, 0.3) is 0 Å². The maximum absolute atomic E-state index is 12.3. The molecule has 1 aromatic rings. The van der Waals surface area contributed by atoms with E-state index in [-0.39, 0.29) is 18.3 Å². The van der Waals surface area contributed by atoms with Crippen molar-refractivity contribution in [1.82, 2.24) is 9.88 Å². The molecule has 0 aromatic carbocycles. The van der Waals surface area contributed by atoms with Crippen LogP contribution in [0.3, 0.4) is 0 Å². The average Bonchev–Trinajstić information content (AvgIpc) is 2.77. The molecule has 0 aliphatic carbocycles. The van der Waals surface area contributed by atoms with E-state index in [1.807, 2.05) is 10.3 Å². The van der Waals surface area contributed by atoms with Gasteiger partial charge in [-0.15, -0.1) is 23.7 Å². The van der Waals surface area contributed by atoms with Crippen LogP contribution in [0.2, 0.25) is 0 Å². The van der Waals surface area contributed by atoms with E-state index in [4.69, 9.17) is 5.73 Å². The highest BCUT2D eigenvalue weighted by molar-refractivity contribution is 7.09. The number of hydrogen-bond donors (Lipinski definition) is 1. The maximum Gasteiger partial charge on any atom is 0.273 e. The molecule has 1 aromatic heterocycles. The highest BCUT2D eigenvalue weighted by Crippen LogP contribution is 2.16. The Morgan fingerprint density at radius 3 is 2.53 bits per heavy atom. The molecule has 108 valence electrons. The quantitative estimate of drug-likeness (QED) is 0.933. The van der Waals surface area contributed by atoms with Crippen molar-refractivity contribution in [2.24, 2.45) is 5.73 Å². The average molecular weight is 304 g/mol. The van der Waals surface area contributed by atoms with Crippen LogP contribution in [0.4, 0.5) is 0 Å². The maximum atomic E-state index is 12.3. The predicted octanol–water partition coefficient (Wildman–Crippen LogP) is 2.47. The molecule has 0 radical (unpaired) electrons. The standard InChI is InChI=1S/C13H21N3OS.ClH/c14-7-6-12-15-11(10-18-12)13(17)16-8-4-2-1-3-5-9-16;/h10H,1-9,14H2;1H. The molecule has 0 bridgehead atoms. The number of nitrogens with zero attached hydrogens (tertiary/aromatic N) is 2. The summed E-state index contributed by atoms with van der Waals surface area (Å²) in [6, 6.07) is 0. The summed E-state index contributed by atoms with van der Waals surface area (Å²) < 4.78 is 0. The smallest absolute Gasteiger partial charge is 0.273 e. The van der Waals surface area contributed by atoms with Crippen molar-refractivity contribution in [3.8, 4) is 0 Å². The molecule has 4 nitrogen and oxygen atoms in total. The van der Waals surface area contributed by atoms with Gasteiger partial charge in [-0.2, -0.15) is 0 Å². The Morgan fingerprint density at radius 1 is 1.26 bits per heavy atom. The van der Waals surface area contributed by atoms with Gasteiger partial charge in [0.25, 0.3) is 5.91 Å². The second-order valence-corrected chi connectivity index (χ2v) is 5.67. The van der Waals surface area contributed by atoms with Gasteiger partial charge in [0.05, 0.1) is 5.01 Å². The van der Waals surface area contributed by atoms with Crippen LogP contribution in [0.15, 0.2) is 5.38 Å². The van der Waals surface area contributed by atoms with E-state index < -0.39 is 0 Å². The summed E-state index contributed by atoms with van der Waals surface area (Å²) in [5, 5.41) is 2.83. The first-order chi connectivity index (χ1) is 8.81. The SMILES string of the molecule is Cl.NCCc1nc(C(=O)N2CCCCCCC2)cs1. The van der Waals surface area contributed by atoms with Crippen molar-refractivity contribution in [1.29, 1.82) is 0 Å². The Bertz CT molecular complexity index is 389. The molecular weight excluding hydrogens is 282 g/mol. The third kappa shape index (κ3) is 4.75. The van der Waals surface area contributed by atoms with Gasteiger partial charge in [0, 0.05) is 24.9 Å². The summed E-state index contributed by atoms with van der Waals surface area (Å²) in [7, 11) is 0. The summed E-state index contributed by atoms with van der Waals surface area (Å²) in [4.78, 5) is 18.7. The van der Waals surface area contributed by atoms with Gasteiger partial charge >= 0.3 is 0 Å². The van der Waals surface area contributed by atoms with Gasteiger partial charge in [-0.25, -0.2) is 4.98 Å². The summed E-state index contributed by atoms with van der Waals surface area (Å²) >= 11 is 1.54. The Morgan fingerprint density at radius 2 is 1.89 bits per heavy atom. The highest BCUT2D eigenvalue weighted by atomic mass is 35.5. The Balaban J connectivity index is 0.00000180. The van der Waals surface area contributed by atoms with E-state index in [0.717, 1.165) is 37.4 Å². The lowest BCUT2D eigenvalue weighted by atomic mass is 10.1. The summed E-state index contributed by atoms with van der Waals surface area (Å²) in [6.07, 6.45) is 6.77. The Hall–Kier alpha value is -0.650. The monoisotopic (exact) mass is 303 g/mol. The van der Waals surface area contributed by atoms with Crippen LogP contribution >= 0.6 is 23.7 Å². The lowest BCUT2D eigenvalue weighted by Gasteiger charge is -2.23. The van der Waals surface area contributed by atoms with Crippen molar-refractivity contribution in [2.45, 2.75) is 38.5 Å². The number of aromatic nitrogens is 1. The van der Waals surface area contributed by atoms with Gasteiger partial charge in [0.15, 0.2) is 0 Å². The van der Waals surface area contributed by atoms with Crippen LogP contribution in [0.1, 0.15) is 47.6 Å². The van der Waals surface area contributed by atoms with Gasteiger partial charge in [-0.1, -0.05) is 19.3 Å². The molecule has 0 saturated carbocycles. The third-order valence-corrected chi connectivity index (χ3v) is 4.18. The first-order valence-corrected chi connectivity index (χ1v) is 7.63. The molecule has 6 heteroatoms. The molecule has 1 amide bonds. The van der Waals surface area contributed by atoms with Crippen LogP contribution in [-0.4, -0.2) is 35.4 Å². The lowest BCUT2D eigenvalue weighted by molar-refractivity contribution is 0.0737. The molecule has 0 spiro atoms. The van der Waals surface area contributed by atoms with Gasteiger partial charge in [0.1, 0.15) is 5.69 Å². The second kappa shape index (κ2) is 8.51. The molecule has 19 heavy (non-hydrogen) atoms. The van der Waals surface area contributed by atoms with Gasteiger partial charge in [-0.05, 0) is 19.4 Å². The Kier molecular flexibility index (Phi) is 7.34. The fraction of sp³-hybridized carbons (Fsp3) is 0.692. The predicted molar refractivity (Wildman–Crippen MR) is 81.1 cm³/mol. The van der Waals surface area contributed by atoms with E-state index in [0.29, 0.717) is 12.2 Å². The molecule has 2 N–H and O–H groups in total. The number of carbonyl (C=O) groups is 1. The summed E-state index contributed by atoms with van der Waals surface area (Å²) in [5.74, 6) is 0.0939. The van der Waals surface area contributed by atoms with Crippen molar-refractivity contribution in [3.63, 3.8) is 0 Å². The van der Waals surface area contributed by atoms with Gasteiger partial charge in [0.2, 0.25) is 0 Å². The molecule has 0 unspecified atom stereocenters. The van der Waals surface area contributed by atoms with E-state index >= 15 is 0 Å². The third-order valence-electron chi connectivity index (χ3n) is 3.27. The number of halogens is 1. The van der Waals surface area contributed by atoms with Gasteiger partial charge < -0.3 is 10.6 Å². The number of thiazole rings is 1. The van der Waals surface area contributed by atoms with E-state index in [2.05, 4.69) is 4.98 Å². The number of hydrogen-bond acceptors (Lipinski definition) is 4. The Labute approximate surface area is 124 Å². The number of likely N-dealkylation sites (tertiary alicyclic amines) is 1. The largest absolute Gasteiger partial charge is 0.337 e. The van der Waals surface area contributed by atoms with E-state index in [9.17, 15) is 4.79 Å². The van der Waals surface area contributed by atoms with E-state index in [1.54, 1.807) is 0 Å². The summed E-state index contributed by atoms with van der Waals surface area (Å²) in [5.41, 5.74) is 6.10. The summed E-state index contributed by atoms with van der Waals surface area (Å²) in [6.45, 7) is 2.34. The van der Waals surface area contributed by atoms with Gasteiger partial charge in [-0.3, -0.25) is 4.79 Å². The second-order valence-electron chi connectivity index (χ2n) is 4.73. The molecule has 0 atom stereocenters. The zero-order valence-electron chi connectivity index (χ0n) is 11.1. The van der Waals surface area contributed by atoms with Crippen molar-refractivity contribution in [2.75, 3.05) is 19.6 Å². The van der Waals surface area contributed by atoms with E-state index in [1.165, 1.54) is 30.6 Å². The number of amides is 1. The number of rotatable bonds is 3. The van der Waals surface area contributed by atoms with Crippen LogP contribution in [0.5, 0.6) is 0 Å². The molecule has 1 aliphatic rings. The molecule has 1 aliphatic heterocycles. The van der Waals surface area contributed by atoms with Crippen molar-refractivity contribution < 1.29 is 4.79 Å². The zero-order valence-corrected chi connectivity index (χ0v) is 12.8. The zero-order chi connectivity index (χ0) is 12.8. The first kappa shape index (κ1) is 16.4. The minimum absolute atomic E-state index is 0. The fourth-order valence-electron chi connectivity index (χ4n) is 2.26. The van der Waals surface area contributed by atoms with Crippen LogP contribution in [-0.2, 0) is 6.42 Å². The molecule has 1 saturated heterocycles. The van der Waals surface area contributed by atoms with Crippen LogP contribution in [0, 0.1) is 0 Å². The normalized spacial score (nSPS) is 16.4. The minimum atomic E-state index is 0. The molecular formula is C13H22ClN3OS. The molecule has 2 rings (SSSR count). The van der Waals surface area contributed by atoms with Crippen molar-refractivity contribution >= 4 is 29.7 Å². The molecule has 2 heterocycles. The molecule has 1 fully saturated rings. The number of carbonyl (C=O) groups excluding carboxylic acids is 1. The van der Waals surface area contributed by atoms with Crippen LogP contribution < -0.4 is 5.73 Å². The van der Waals surface area contributed by atoms with Crippen molar-refractivity contribution in [3.05, 3.63) is 16.1 Å². The number of nitrogens with two attached hydrogens (primary N) is 1. The lowest BCUT2D eigenvalue weighted by Crippen LogP contribution is -2.34. The first-order valence-electron chi connectivity index (χ1n) is 6.75. The highest BCUT2D eigenvalue weighted by Gasteiger charge is 2.19. The topological polar surface area (TPSA) is 59.2 Å². The fourth-order valence-corrected chi connectivity index (χ4v) is 3.05. The minimum Gasteiger partial charge on any atom is -0.337 e.